The number of carbonyl (C=O) groups excluding carboxylic acids is 1. The molecule has 0 saturated heterocycles. The molecule has 0 spiro atoms. The fraction of sp³-hybridized carbons (Fsp3) is 0.714. The zero-order valence-electron chi connectivity index (χ0n) is 5.23. The van der Waals surface area contributed by atoms with E-state index in [-0.39, 0.29) is 0 Å². The first-order chi connectivity index (χ1) is 3.91. The van der Waals surface area contributed by atoms with E-state index >= 15 is 0 Å². The van der Waals surface area contributed by atoms with Gasteiger partial charge in [0.05, 0.1) is 13.3 Å². The monoisotopic (exact) mass is 113 g/mol. The zero-order chi connectivity index (χ0) is 6.24. The summed E-state index contributed by atoms with van der Waals surface area (Å²) in [7, 11) is 0. The fourth-order valence-corrected chi connectivity index (χ4v) is 0.581. The minimum Gasteiger partial charge on any atom is -0.303 e. The third-order valence-corrected chi connectivity index (χ3v) is 1.07. The van der Waals surface area contributed by atoms with Crippen LogP contribution in [0.25, 0.3) is 0 Å². The molecule has 0 unspecified atom stereocenters. The molecule has 0 atom stereocenters. The number of carbonyl (C=O) groups is 1. The molecule has 0 N–H and O–H groups in total. The van der Waals surface area contributed by atoms with Gasteiger partial charge in [-0.3, -0.25) is 0 Å². The van der Waals surface area contributed by atoms with Crippen molar-refractivity contribution in [2.75, 3.05) is 0 Å². The lowest BCUT2D eigenvalue weighted by Crippen LogP contribution is -1.76. The summed E-state index contributed by atoms with van der Waals surface area (Å²) in [5.74, 6) is 0. The molecule has 0 aromatic heterocycles. The van der Waals surface area contributed by atoms with E-state index in [4.69, 9.17) is 0 Å². The number of unbranched alkanes of at least 4 members (excludes halogenated alkanes) is 4. The molecule has 1 nitrogen and oxygen atoms in total. The first-order valence-corrected chi connectivity index (χ1v) is 3.14. The topological polar surface area (TPSA) is 17.1 Å². The molecular formula is C7H13O+. The van der Waals surface area contributed by atoms with Gasteiger partial charge in [0.25, 0.3) is 0 Å². The highest BCUT2D eigenvalue weighted by Gasteiger charge is 1.86. The Labute approximate surface area is 51.1 Å². The van der Waals surface area contributed by atoms with Crippen LogP contribution in [0.4, 0.5) is 0 Å². The number of hydrogen-bond donors (Lipinski definition) is 0. The second-order valence-corrected chi connectivity index (χ2v) is 1.87. The standard InChI is InChI=1S/C7H13O/c1-2-3-4-5-6-7-8/h7H,1-6H2/q+1. The van der Waals surface area contributed by atoms with Gasteiger partial charge in [-0.05, 0) is 19.3 Å². The number of aldehydes is 1. The van der Waals surface area contributed by atoms with Gasteiger partial charge in [-0.2, -0.15) is 0 Å². The average molecular weight is 113 g/mol. The molecular weight excluding hydrogens is 100 g/mol. The molecule has 46 valence electrons. The lowest BCUT2D eigenvalue weighted by Gasteiger charge is -1.87. The third-order valence-electron chi connectivity index (χ3n) is 1.07. The van der Waals surface area contributed by atoms with E-state index < -0.39 is 0 Å². The first kappa shape index (κ1) is 7.54. The van der Waals surface area contributed by atoms with E-state index in [1.54, 1.807) is 0 Å². The van der Waals surface area contributed by atoms with E-state index in [0.717, 1.165) is 38.4 Å². The van der Waals surface area contributed by atoms with Crippen molar-refractivity contribution in [3.63, 3.8) is 0 Å². The molecule has 0 fully saturated rings. The Balaban J connectivity index is 2.62. The van der Waals surface area contributed by atoms with Crippen LogP contribution in [0.3, 0.4) is 0 Å². The normalized spacial score (nSPS) is 9.00. The van der Waals surface area contributed by atoms with Crippen LogP contribution in [-0.2, 0) is 4.79 Å². The Morgan fingerprint density at radius 3 is 2.50 bits per heavy atom. The largest absolute Gasteiger partial charge is 0.303 e. The molecule has 1 heteroatoms. The van der Waals surface area contributed by atoms with Gasteiger partial charge in [0.1, 0.15) is 6.29 Å². The molecule has 0 radical (unpaired) electrons. The Hall–Kier alpha value is -0.460. The van der Waals surface area contributed by atoms with E-state index in [1.807, 2.05) is 0 Å². The second-order valence-electron chi connectivity index (χ2n) is 1.87. The van der Waals surface area contributed by atoms with Crippen molar-refractivity contribution < 1.29 is 4.79 Å². The summed E-state index contributed by atoms with van der Waals surface area (Å²) >= 11 is 0. The predicted octanol–water partition coefficient (Wildman–Crippen LogP) is 1.97. The van der Waals surface area contributed by atoms with Crippen molar-refractivity contribution in [3.05, 3.63) is 6.92 Å². The lowest BCUT2D eigenvalue weighted by atomic mass is 10.2. The van der Waals surface area contributed by atoms with Gasteiger partial charge in [-0.1, -0.05) is 0 Å². The van der Waals surface area contributed by atoms with Crippen LogP contribution in [0.15, 0.2) is 0 Å². The van der Waals surface area contributed by atoms with Gasteiger partial charge in [0.2, 0.25) is 0 Å². The molecule has 0 aromatic carbocycles. The van der Waals surface area contributed by atoms with E-state index in [0.29, 0.717) is 0 Å². The van der Waals surface area contributed by atoms with Crippen molar-refractivity contribution in [2.24, 2.45) is 0 Å². The van der Waals surface area contributed by atoms with Crippen LogP contribution in [0.1, 0.15) is 32.1 Å². The van der Waals surface area contributed by atoms with Crippen molar-refractivity contribution >= 4 is 6.29 Å². The van der Waals surface area contributed by atoms with Crippen LogP contribution < -0.4 is 0 Å². The van der Waals surface area contributed by atoms with Crippen molar-refractivity contribution in [1.82, 2.24) is 0 Å². The number of rotatable bonds is 5. The summed E-state index contributed by atoms with van der Waals surface area (Å²) in [5, 5.41) is 0. The van der Waals surface area contributed by atoms with Crippen LogP contribution in [-0.4, -0.2) is 6.29 Å². The maximum Gasteiger partial charge on any atom is 0.119 e. The van der Waals surface area contributed by atoms with E-state index in [1.165, 1.54) is 0 Å². The smallest absolute Gasteiger partial charge is 0.119 e. The summed E-state index contributed by atoms with van der Waals surface area (Å²) in [6.07, 6.45) is 6.05. The Morgan fingerprint density at radius 2 is 2.00 bits per heavy atom. The lowest BCUT2D eigenvalue weighted by molar-refractivity contribution is -0.107. The molecule has 0 aliphatic heterocycles. The summed E-state index contributed by atoms with van der Waals surface area (Å²) in [6.45, 7) is 3.69. The molecule has 0 aliphatic carbocycles. The molecule has 0 bridgehead atoms. The van der Waals surface area contributed by atoms with Crippen molar-refractivity contribution in [2.45, 2.75) is 32.1 Å². The minimum atomic E-state index is 0.722. The van der Waals surface area contributed by atoms with Crippen LogP contribution >= 0.6 is 0 Å². The van der Waals surface area contributed by atoms with Gasteiger partial charge in [-0.25, -0.2) is 0 Å². The van der Waals surface area contributed by atoms with Gasteiger partial charge in [-0.15, -0.1) is 0 Å². The maximum absolute atomic E-state index is 9.75. The predicted molar refractivity (Wildman–Crippen MR) is 34.5 cm³/mol. The Kier molecular flexibility index (Phi) is 6.16. The summed E-state index contributed by atoms with van der Waals surface area (Å²) in [4.78, 5) is 9.75. The highest BCUT2D eigenvalue weighted by Crippen LogP contribution is 1.99. The van der Waals surface area contributed by atoms with Crippen molar-refractivity contribution in [3.8, 4) is 0 Å². The molecule has 8 heavy (non-hydrogen) atoms. The highest BCUT2D eigenvalue weighted by molar-refractivity contribution is 5.48. The van der Waals surface area contributed by atoms with Gasteiger partial charge in [0.15, 0.2) is 0 Å². The van der Waals surface area contributed by atoms with Crippen molar-refractivity contribution in [1.29, 1.82) is 0 Å². The van der Waals surface area contributed by atoms with Gasteiger partial charge < -0.3 is 4.79 Å². The summed E-state index contributed by atoms with van der Waals surface area (Å²) in [5.41, 5.74) is 0. The molecule has 0 heterocycles. The SMILES string of the molecule is [CH2+]CCCCCC=O. The molecule has 0 saturated carbocycles. The minimum absolute atomic E-state index is 0.722. The van der Waals surface area contributed by atoms with Crippen LogP contribution in [0.5, 0.6) is 0 Å². The number of hydrogen-bond acceptors (Lipinski definition) is 1. The quantitative estimate of drug-likeness (QED) is 0.302. The Bertz CT molecular complexity index is 50.3. The van der Waals surface area contributed by atoms with Gasteiger partial charge >= 0.3 is 0 Å². The van der Waals surface area contributed by atoms with E-state index in [9.17, 15) is 4.79 Å². The highest BCUT2D eigenvalue weighted by atomic mass is 16.1. The summed E-state index contributed by atoms with van der Waals surface area (Å²) < 4.78 is 0. The zero-order valence-corrected chi connectivity index (χ0v) is 5.23. The Morgan fingerprint density at radius 1 is 1.25 bits per heavy atom. The molecule has 0 rings (SSSR count). The van der Waals surface area contributed by atoms with Crippen LogP contribution in [0.2, 0.25) is 0 Å². The third kappa shape index (κ3) is 5.54. The second kappa shape index (κ2) is 6.54. The fourth-order valence-electron chi connectivity index (χ4n) is 0.581. The summed E-state index contributed by atoms with van der Waals surface area (Å²) in [6, 6.07) is 0. The molecule has 0 aromatic rings. The molecule has 0 aliphatic rings. The molecule has 0 amide bonds. The van der Waals surface area contributed by atoms with E-state index in [2.05, 4.69) is 6.92 Å². The van der Waals surface area contributed by atoms with Gasteiger partial charge in [0, 0.05) is 6.42 Å². The maximum atomic E-state index is 9.75. The average Bonchev–Trinajstić information content (AvgIpc) is 1.81. The van der Waals surface area contributed by atoms with Crippen LogP contribution in [0, 0.1) is 6.92 Å². The first-order valence-electron chi connectivity index (χ1n) is 3.14.